The van der Waals surface area contributed by atoms with Crippen LogP contribution in [0.3, 0.4) is 0 Å². The Balaban J connectivity index is 1.84. The van der Waals surface area contributed by atoms with Crippen LogP contribution in [0.25, 0.3) is 0 Å². The summed E-state index contributed by atoms with van der Waals surface area (Å²) in [5, 5.41) is 3.93. The molecular weight excluding hydrogens is 254 g/mol. The molecule has 17 heavy (non-hydrogen) atoms. The van der Waals surface area contributed by atoms with Gasteiger partial charge in [-0.05, 0) is 18.1 Å². The van der Waals surface area contributed by atoms with Crippen LogP contribution in [0.2, 0.25) is 5.02 Å². The van der Waals surface area contributed by atoms with Crippen LogP contribution < -0.4 is 5.32 Å². The number of aromatic nitrogens is 2. The van der Waals surface area contributed by atoms with Gasteiger partial charge in [0.1, 0.15) is 4.99 Å². The van der Waals surface area contributed by atoms with Gasteiger partial charge >= 0.3 is 0 Å². The van der Waals surface area contributed by atoms with Gasteiger partial charge in [0.2, 0.25) is 0 Å². The zero-order chi connectivity index (χ0) is 12.1. The topological polar surface area (TPSA) is 40.7 Å². The molecule has 0 unspecified atom stereocenters. The van der Waals surface area contributed by atoms with E-state index in [0.717, 1.165) is 23.6 Å². The maximum absolute atomic E-state index is 6.06. The van der Waals surface area contributed by atoms with Gasteiger partial charge in [0.05, 0.1) is 0 Å². The first-order chi connectivity index (χ1) is 8.27. The van der Waals surface area contributed by atoms with Crippen LogP contribution in [0, 0.1) is 0 Å². The summed E-state index contributed by atoms with van der Waals surface area (Å²) in [6.07, 6.45) is 4.26. The molecule has 0 spiro atoms. The fourth-order valence-electron chi connectivity index (χ4n) is 1.49. The Morgan fingerprint density at radius 2 is 2.24 bits per heavy atom. The minimum Gasteiger partial charge on any atom is -0.373 e. The van der Waals surface area contributed by atoms with Crippen LogP contribution in [0.4, 0.5) is 0 Å². The number of aromatic amines is 1. The average molecular weight is 266 g/mol. The minimum absolute atomic E-state index is 0.627. The Morgan fingerprint density at radius 3 is 2.94 bits per heavy atom. The third kappa shape index (κ3) is 3.28. The normalized spacial score (nSPS) is 10.2. The molecule has 88 valence electrons. The molecule has 5 heteroatoms. The summed E-state index contributed by atoms with van der Waals surface area (Å²) in [7, 11) is 0. The molecule has 0 aliphatic heterocycles. The van der Waals surface area contributed by atoms with E-state index in [1.165, 1.54) is 0 Å². The maximum Gasteiger partial charge on any atom is 0.164 e. The van der Waals surface area contributed by atoms with Gasteiger partial charge in [-0.25, -0.2) is 4.98 Å². The molecule has 1 aromatic heterocycles. The lowest BCUT2D eigenvalue weighted by Gasteiger charge is -2.06. The lowest BCUT2D eigenvalue weighted by molar-refractivity contribution is 0.870. The number of rotatable bonds is 4. The molecule has 0 amide bonds. The van der Waals surface area contributed by atoms with Crippen molar-refractivity contribution in [2.45, 2.75) is 6.42 Å². The summed E-state index contributed by atoms with van der Waals surface area (Å²) in [6, 6.07) is 7.81. The van der Waals surface area contributed by atoms with Crippen molar-refractivity contribution in [2.24, 2.45) is 0 Å². The highest BCUT2D eigenvalue weighted by Crippen LogP contribution is 2.14. The quantitative estimate of drug-likeness (QED) is 0.835. The zero-order valence-electron chi connectivity index (χ0n) is 9.11. The van der Waals surface area contributed by atoms with Crippen molar-refractivity contribution >= 4 is 28.8 Å². The summed E-state index contributed by atoms with van der Waals surface area (Å²) in [5.74, 6) is 0.694. The number of thiocarbonyl (C=S) groups is 1. The van der Waals surface area contributed by atoms with Gasteiger partial charge in [-0.2, -0.15) is 0 Å². The summed E-state index contributed by atoms with van der Waals surface area (Å²) in [4.78, 5) is 7.66. The van der Waals surface area contributed by atoms with Crippen molar-refractivity contribution in [3.05, 3.63) is 53.1 Å². The molecule has 2 N–H and O–H groups in total. The molecule has 0 saturated heterocycles. The molecule has 2 rings (SSSR count). The predicted octanol–water partition coefficient (Wildman–Crippen LogP) is 2.57. The SMILES string of the molecule is S=C(NCCc1ccccc1Cl)c1ncc[nH]1. The van der Waals surface area contributed by atoms with Crippen LogP contribution in [0.5, 0.6) is 0 Å². The molecule has 0 aliphatic rings. The Hall–Kier alpha value is -1.39. The second-order valence-corrected chi connectivity index (χ2v) is 4.35. The van der Waals surface area contributed by atoms with Crippen LogP contribution in [0.1, 0.15) is 11.4 Å². The summed E-state index contributed by atoms with van der Waals surface area (Å²) in [6.45, 7) is 0.739. The molecule has 0 bridgehead atoms. The molecule has 1 aromatic carbocycles. The van der Waals surface area contributed by atoms with E-state index in [4.69, 9.17) is 23.8 Å². The minimum atomic E-state index is 0.627. The third-order valence-corrected chi connectivity index (χ3v) is 3.06. The van der Waals surface area contributed by atoms with E-state index < -0.39 is 0 Å². The van der Waals surface area contributed by atoms with Gasteiger partial charge in [0.25, 0.3) is 0 Å². The monoisotopic (exact) mass is 265 g/mol. The van der Waals surface area contributed by atoms with Crippen molar-refractivity contribution in [2.75, 3.05) is 6.54 Å². The van der Waals surface area contributed by atoms with Gasteiger partial charge in [-0.3, -0.25) is 0 Å². The number of nitrogens with zero attached hydrogens (tertiary/aromatic N) is 1. The van der Waals surface area contributed by atoms with Gasteiger partial charge < -0.3 is 10.3 Å². The number of benzene rings is 1. The van der Waals surface area contributed by atoms with E-state index in [-0.39, 0.29) is 0 Å². The fourth-order valence-corrected chi connectivity index (χ4v) is 1.93. The van der Waals surface area contributed by atoms with Crippen LogP contribution in [-0.4, -0.2) is 21.5 Å². The predicted molar refractivity (Wildman–Crippen MR) is 73.4 cm³/mol. The summed E-state index contributed by atoms with van der Waals surface area (Å²) < 4.78 is 0. The first-order valence-corrected chi connectivity index (χ1v) is 6.07. The van der Waals surface area contributed by atoms with Crippen molar-refractivity contribution in [3.8, 4) is 0 Å². The molecule has 1 heterocycles. The Bertz CT molecular complexity index is 496. The zero-order valence-corrected chi connectivity index (χ0v) is 10.7. The Morgan fingerprint density at radius 1 is 1.41 bits per heavy atom. The van der Waals surface area contributed by atoms with Crippen LogP contribution >= 0.6 is 23.8 Å². The molecule has 0 radical (unpaired) electrons. The highest BCUT2D eigenvalue weighted by Gasteiger charge is 2.03. The van der Waals surface area contributed by atoms with Crippen molar-refractivity contribution in [1.29, 1.82) is 0 Å². The first-order valence-electron chi connectivity index (χ1n) is 5.28. The number of hydrogen-bond acceptors (Lipinski definition) is 2. The summed E-state index contributed by atoms with van der Waals surface area (Å²) >= 11 is 11.2. The molecule has 2 aromatic rings. The van der Waals surface area contributed by atoms with E-state index in [9.17, 15) is 0 Å². The van der Waals surface area contributed by atoms with Gasteiger partial charge in [-0.1, -0.05) is 42.0 Å². The highest BCUT2D eigenvalue weighted by atomic mass is 35.5. The number of halogens is 1. The molecule has 0 fully saturated rings. The molecule has 0 aliphatic carbocycles. The third-order valence-electron chi connectivity index (χ3n) is 2.35. The molecule has 0 atom stereocenters. The average Bonchev–Trinajstić information content (AvgIpc) is 2.85. The number of nitrogens with one attached hydrogen (secondary N) is 2. The lowest BCUT2D eigenvalue weighted by Crippen LogP contribution is -2.25. The van der Waals surface area contributed by atoms with Crippen molar-refractivity contribution < 1.29 is 0 Å². The maximum atomic E-state index is 6.06. The highest BCUT2D eigenvalue weighted by molar-refractivity contribution is 7.80. The van der Waals surface area contributed by atoms with Gasteiger partial charge in [-0.15, -0.1) is 0 Å². The standard InChI is InChI=1S/C12H12ClN3S/c13-10-4-2-1-3-9(10)5-6-16-12(17)11-14-7-8-15-11/h1-4,7-8H,5-6H2,(H,14,15)(H,16,17). The number of imidazole rings is 1. The Kier molecular flexibility index (Phi) is 4.12. The summed E-state index contributed by atoms with van der Waals surface area (Å²) in [5.41, 5.74) is 1.11. The first kappa shape index (κ1) is 12.1. The van der Waals surface area contributed by atoms with E-state index >= 15 is 0 Å². The molecule has 0 saturated carbocycles. The number of hydrogen-bond donors (Lipinski definition) is 2. The van der Waals surface area contributed by atoms with E-state index in [0.29, 0.717) is 10.8 Å². The molecular formula is C12H12ClN3S. The van der Waals surface area contributed by atoms with Crippen LogP contribution in [0.15, 0.2) is 36.7 Å². The van der Waals surface area contributed by atoms with Gasteiger partial charge in [0.15, 0.2) is 5.82 Å². The smallest absolute Gasteiger partial charge is 0.164 e. The number of H-pyrrole nitrogens is 1. The fraction of sp³-hybridized carbons (Fsp3) is 0.167. The van der Waals surface area contributed by atoms with Crippen molar-refractivity contribution in [3.63, 3.8) is 0 Å². The van der Waals surface area contributed by atoms with Crippen LogP contribution in [-0.2, 0) is 6.42 Å². The van der Waals surface area contributed by atoms with Crippen molar-refractivity contribution in [1.82, 2.24) is 15.3 Å². The van der Waals surface area contributed by atoms with E-state index in [1.807, 2.05) is 24.3 Å². The Labute approximate surface area is 110 Å². The second kappa shape index (κ2) is 5.80. The second-order valence-electron chi connectivity index (χ2n) is 3.54. The molecule has 3 nitrogen and oxygen atoms in total. The lowest BCUT2D eigenvalue weighted by atomic mass is 10.1. The van der Waals surface area contributed by atoms with E-state index in [2.05, 4.69) is 15.3 Å². The largest absolute Gasteiger partial charge is 0.373 e. The van der Waals surface area contributed by atoms with E-state index in [1.54, 1.807) is 12.4 Å². The van der Waals surface area contributed by atoms with Gasteiger partial charge in [0, 0.05) is 24.0 Å².